The van der Waals surface area contributed by atoms with E-state index >= 15 is 0 Å². The van der Waals surface area contributed by atoms with Crippen molar-refractivity contribution in [2.45, 2.75) is 83.1 Å². The SMILES string of the molecule is CC[C@@H]1OC(=O)[C@@H](OC)C[C@H]2C=C[C@H]3[C@H]4O[C@]2(/C(C)=C/[C@H]1C)[C@@H]3[C@H](O)[C@@H](C)[C@H]4OC(=O)C1=CC=CC1. The third-order valence-corrected chi connectivity index (χ3v) is 9.16. The van der Waals surface area contributed by atoms with Crippen molar-refractivity contribution >= 4 is 11.9 Å². The van der Waals surface area contributed by atoms with E-state index in [1.807, 2.05) is 32.9 Å². The van der Waals surface area contributed by atoms with Crippen LogP contribution in [0.4, 0.5) is 0 Å². The van der Waals surface area contributed by atoms with Gasteiger partial charge >= 0.3 is 11.9 Å². The van der Waals surface area contributed by atoms with Crippen LogP contribution in [0.15, 0.2) is 47.6 Å². The number of aliphatic hydroxyl groups excluding tert-OH is 1. The predicted octanol–water partition coefficient (Wildman–Crippen LogP) is 3.67. The molecule has 0 amide bonds. The van der Waals surface area contributed by atoms with Crippen LogP contribution in [0.3, 0.4) is 0 Å². The molecule has 2 aliphatic heterocycles. The minimum Gasteiger partial charge on any atom is -0.460 e. The monoisotopic (exact) mass is 498 g/mol. The van der Waals surface area contributed by atoms with Gasteiger partial charge in [0.2, 0.25) is 0 Å². The topological polar surface area (TPSA) is 91.3 Å². The highest BCUT2D eigenvalue weighted by Gasteiger charge is 2.69. The summed E-state index contributed by atoms with van der Waals surface area (Å²) in [7, 11) is 1.53. The molecule has 1 saturated carbocycles. The van der Waals surface area contributed by atoms with Crippen molar-refractivity contribution in [1.82, 2.24) is 0 Å². The Bertz CT molecular complexity index is 1020. The average Bonchev–Trinajstić information content (AvgIpc) is 3.46. The smallest absolute Gasteiger partial charge is 0.335 e. The summed E-state index contributed by atoms with van der Waals surface area (Å²) < 4.78 is 24.5. The van der Waals surface area contributed by atoms with Crippen LogP contribution in [0.2, 0.25) is 0 Å². The number of aliphatic hydroxyl groups is 1. The fourth-order valence-electron chi connectivity index (χ4n) is 7.24. The summed E-state index contributed by atoms with van der Waals surface area (Å²) in [5.41, 5.74) is 0.810. The highest BCUT2D eigenvalue weighted by Crippen LogP contribution is 2.61. The number of cyclic esters (lactones) is 1. The first kappa shape index (κ1) is 25.4. The lowest BCUT2D eigenvalue weighted by Crippen LogP contribution is -2.57. The summed E-state index contributed by atoms with van der Waals surface area (Å²) >= 11 is 0. The molecule has 0 unspecified atom stereocenters. The molecular weight excluding hydrogens is 460 g/mol. The van der Waals surface area contributed by atoms with E-state index in [0.29, 0.717) is 24.8 Å². The van der Waals surface area contributed by atoms with E-state index in [4.69, 9.17) is 18.9 Å². The zero-order valence-corrected chi connectivity index (χ0v) is 21.8. The molecule has 5 rings (SSSR count). The maximum atomic E-state index is 13.0. The van der Waals surface area contributed by atoms with Crippen molar-refractivity contribution < 1.29 is 33.6 Å². The van der Waals surface area contributed by atoms with Crippen LogP contribution in [0.5, 0.6) is 0 Å². The van der Waals surface area contributed by atoms with Gasteiger partial charge in [-0.2, -0.15) is 0 Å². The number of carbonyl (C=O) groups is 2. The molecule has 2 heterocycles. The van der Waals surface area contributed by atoms with E-state index in [1.165, 1.54) is 7.11 Å². The molecule has 196 valence electrons. The fourth-order valence-corrected chi connectivity index (χ4v) is 7.24. The molecule has 7 nitrogen and oxygen atoms in total. The number of allylic oxidation sites excluding steroid dienone is 3. The lowest BCUT2D eigenvalue weighted by molar-refractivity contribution is -0.169. The molecule has 0 aromatic rings. The molecule has 36 heavy (non-hydrogen) atoms. The number of esters is 2. The number of ether oxygens (including phenoxy) is 4. The van der Waals surface area contributed by atoms with Gasteiger partial charge in [-0.1, -0.05) is 57.2 Å². The highest BCUT2D eigenvalue weighted by molar-refractivity contribution is 5.90. The van der Waals surface area contributed by atoms with Gasteiger partial charge in [-0.05, 0) is 31.8 Å². The second kappa shape index (κ2) is 9.58. The fraction of sp³-hybridized carbons (Fsp3) is 0.655. The third-order valence-electron chi connectivity index (χ3n) is 9.16. The van der Waals surface area contributed by atoms with Gasteiger partial charge in [0.25, 0.3) is 0 Å². The molecule has 1 saturated heterocycles. The van der Waals surface area contributed by atoms with E-state index in [2.05, 4.69) is 25.2 Å². The molecule has 3 aliphatic carbocycles. The largest absolute Gasteiger partial charge is 0.460 e. The van der Waals surface area contributed by atoms with E-state index in [0.717, 1.165) is 5.57 Å². The van der Waals surface area contributed by atoms with Crippen molar-refractivity contribution in [1.29, 1.82) is 0 Å². The predicted molar refractivity (Wildman–Crippen MR) is 133 cm³/mol. The van der Waals surface area contributed by atoms with Crippen molar-refractivity contribution in [3.05, 3.63) is 47.6 Å². The maximum Gasteiger partial charge on any atom is 0.335 e. The van der Waals surface area contributed by atoms with Crippen LogP contribution in [0.1, 0.15) is 47.0 Å². The molecule has 0 aromatic heterocycles. The average molecular weight is 499 g/mol. The van der Waals surface area contributed by atoms with E-state index < -0.39 is 23.9 Å². The zero-order chi connectivity index (χ0) is 25.8. The van der Waals surface area contributed by atoms with Gasteiger partial charge in [0.15, 0.2) is 6.10 Å². The van der Waals surface area contributed by atoms with Crippen LogP contribution in [-0.4, -0.2) is 60.3 Å². The third kappa shape index (κ3) is 3.82. The molecule has 5 aliphatic rings. The van der Waals surface area contributed by atoms with Gasteiger partial charge in [-0.15, -0.1) is 0 Å². The Morgan fingerprint density at radius 2 is 2.06 bits per heavy atom. The number of rotatable bonds is 4. The van der Waals surface area contributed by atoms with Crippen LogP contribution >= 0.6 is 0 Å². The number of hydrogen-bond donors (Lipinski definition) is 1. The van der Waals surface area contributed by atoms with Gasteiger partial charge in [0, 0.05) is 42.3 Å². The highest BCUT2D eigenvalue weighted by atomic mass is 16.6. The lowest BCUT2D eigenvalue weighted by atomic mass is 9.57. The van der Waals surface area contributed by atoms with Gasteiger partial charge in [0.1, 0.15) is 23.9 Å². The standard InChI is InChI=1S/C29H38O7/c1-6-21-15(2)13-16(3)29-19(14-22(33-5)28(32)34-21)11-12-20-23(29)24(30)17(4)25(26(20)36-29)35-27(31)18-9-7-8-10-18/h7-9,11-13,15,17,19-26,30H,6,10,14H2,1-5H3/b16-13+/t15-,17-,19-,20-,21+,22+,23+,24-,25-,26-,29+/m1/s1. The molecule has 11 atom stereocenters. The van der Waals surface area contributed by atoms with E-state index in [1.54, 1.807) is 6.08 Å². The molecule has 0 aromatic carbocycles. The summed E-state index contributed by atoms with van der Waals surface area (Å²) in [4.78, 5) is 26.0. The number of methoxy groups -OCH3 is 1. The van der Waals surface area contributed by atoms with Crippen LogP contribution < -0.4 is 0 Å². The Kier molecular flexibility index (Phi) is 6.77. The Hall–Kier alpha value is -2.22. The first-order valence-corrected chi connectivity index (χ1v) is 13.3. The van der Waals surface area contributed by atoms with Crippen LogP contribution in [0, 0.1) is 29.6 Å². The molecule has 0 radical (unpaired) electrons. The molecule has 4 bridgehead atoms. The second-order valence-corrected chi connectivity index (χ2v) is 11.1. The quantitative estimate of drug-likeness (QED) is 0.467. The van der Waals surface area contributed by atoms with E-state index in [-0.39, 0.29) is 53.7 Å². The molecule has 2 fully saturated rings. The molecule has 1 spiro atoms. The molecule has 7 heteroatoms. The summed E-state index contributed by atoms with van der Waals surface area (Å²) in [5, 5.41) is 11.7. The maximum absolute atomic E-state index is 13.0. The number of carbonyl (C=O) groups excluding carboxylic acids is 2. The Balaban J connectivity index is 1.56. The van der Waals surface area contributed by atoms with Gasteiger partial charge < -0.3 is 24.1 Å². The first-order chi connectivity index (χ1) is 17.2. The molecular formula is C29H38O7. The Morgan fingerprint density at radius 1 is 1.28 bits per heavy atom. The summed E-state index contributed by atoms with van der Waals surface area (Å²) in [6.45, 7) is 8.05. The first-order valence-electron chi connectivity index (χ1n) is 13.3. The zero-order valence-electron chi connectivity index (χ0n) is 21.8. The minimum absolute atomic E-state index is 0.0389. The van der Waals surface area contributed by atoms with Gasteiger partial charge in [-0.25, -0.2) is 9.59 Å². The van der Waals surface area contributed by atoms with Crippen molar-refractivity contribution in [3.63, 3.8) is 0 Å². The Morgan fingerprint density at radius 3 is 2.72 bits per heavy atom. The van der Waals surface area contributed by atoms with E-state index in [9.17, 15) is 14.7 Å². The normalized spacial score (nSPS) is 46.9. The van der Waals surface area contributed by atoms with Gasteiger partial charge in [-0.3, -0.25) is 0 Å². The lowest BCUT2D eigenvalue weighted by Gasteiger charge is -2.48. The van der Waals surface area contributed by atoms with Crippen molar-refractivity contribution in [2.24, 2.45) is 29.6 Å². The molecule has 1 N–H and O–H groups in total. The van der Waals surface area contributed by atoms with Crippen LogP contribution in [0.25, 0.3) is 0 Å². The van der Waals surface area contributed by atoms with Gasteiger partial charge in [0.05, 0.1) is 6.10 Å². The van der Waals surface area contributed by atoms with Crippen LogP contribution in [-0.2, 0) is 28.5 Å². The Labute approximate surface area is 213 Å². The van der Waals surface area contributed by atoms with Crippen molar-refractivity contribution in [2.75, 3.05) is 7.11 Å². The summed E-state index contributed by atoms with van der Waals surface area (Å²) in [5.74, 6) is -1.58. The van der Waals surface area contributed by atoms with Crippen molar-refractivity contribution in [3.8, 4) is 0 Å². The number of hydrogen-bond acceptors (Lipinski definition) is 7. The summed E-state index contributed by atoms with van der Waals surface area (Å²) in [6.07, 6.45) is 10.8. The minimum atomic E-state index is -0.825. The second-order valence-electron chi connectivity index (χ2n) is 11.1. The summed E-state index contributed by atoms with van der Waals surface area (Å²) in [6, 6.07) is 0.